The Hall–Kier alpha value is -2.82. The van der Waals surface area contributed by atoms with Gasteiger partial charge >= 0.3 is 0 Å². The van der Waals surface area contributed by atoms with Gasteiger partial charge in [-0.15, -0.1) is 0 Å². The fourth-order valence-corrected chi connectivity index (χ4v) is 1.67. The summed E-state index contributed by atoms with van der Waals surface area (Å²) in [7, 11) is 0. The van der Waals surface area contributed by atoms with Crippen molar-refractivity contribution < 1.29 is 14.8 Å². The lowest BCUT2D eigenvalue weighted by Crippen LogP contribution is -1.95. The van der Waals surface area contributed by atoms with Gasteiger partial charge in [0, 0.05) is 12.1 Å². The summed E-state index contributed by atoms with van der Waals surface area (Å²) >= 11 is 0. The summed E-state index contributed by atoms with van der Waals surface area (Å²) in [4.78, 5) is 9.72. The molecule has 0 fully saturated rings. The van der Waals surface area contributed by atoms with Crippen LogP contribution in [0.5, 0.6) is 11.5 Å². The molecule has 0 aliphatic rings. The van der Waals surface area contributed by atoms with E-state index in [0.29, 0.717) is 17.9 Å². The molecule has 102 valence electrons. The Morgan fingerprint density at radius 2 is 1.95 bits per heavy atom. The van der Waals surface area contributed by atoms with Crippen molar-refractivity contribution in [3.8, 4) is 11.5 Å². The second-order valence-electron chi connectivity index (χ2n) is 4.14. The number of nitro groups is 1. The van der Waals surface area contributed by atoms with Crippen LogP contribution >= 0.6 is 0 Å². The van der Waals surface area contributed by atoms with Crippen molar-refractivity contribution in [1.29, 1.82) is 0 Å². The van der Waals surface area contributed by atoms with Crippen LogP contribution in [0.25, 0.3) is 6.08 Å². The van der Waals surface area contributed by atoms with E-state index < -0.39 is 4.92 Å². The zero-order chi connectivity index (χ0) is 14.4. The highest BCUT2D eigenvalue weighted by atomic mass is 16.6. The topological polar surface area (TPSA) is 72.6 Å². The number of hydrogen-bond acceptors (Lipinski definition) is 4. The first kappa shape index (κ1) is 13.6. The Bertz CT molecular complexity index is 623. The molecule has 0 amide bonds. The summed E-state index contributed by atoms with van der Waals surface area (Å²) in [5.41, 5.74) is 1.50. The molecule has 2 rings (SSSR count). The smallest absolute Gasteiger partial charge is 0.235 e. The highest BCUT2D eigenvalue weighted by molar-refractivity contribution is 5.54. The van der Waals surface area contributed by atoms with Gasteiger partial charge in [-0.25, -0.2) is 0 Å². The Kier molecular flexibility index (Phi) is 4.34. The Morgan fingerprint density at radius 1 is 1.20 bits per heavy atom. The molecule has 0 radical (unpaired) electrons. The Balaban J connectivity index is 2.10. The van der Waals surface area contributed by atoms with E-state index in [4.69, 9.17) is 4.74 Å². The molecule has 1 N–H and O–H groups in total. The third-order valence-electron chi connectivity index (χ3n) is 2.55. The van der Waals surface area contributed by atoms with Gasteiger partial charge < -0.3 is 9.84 Å². The van der Waals surface area contributed by atoms with Gasteiger partial charge in [0.25, 0.3) is 0 Å². The fraction of sp³-hybridized carbons (Fsp3) is 0.0667. The molecule has 0 atom stereocenters. The van der Waals surface area contributed by atoms with Crippen LogP contribution < -0.4 is 4.74 Å². The molecule has 0 saturated carbocycles. The summed E-state index contributed by atoms with van der Waals surface area (Å²) in [6, 6.07) is 14.1. The van der Waals surface area contributed by atoms with Gasteiger partial charge in [0.2, 0.25) is 6.20 Å². The number of nitrogens with zero attached hydrogens (tertiary/aromatic N) is 1. The average Bonchev–Trinajstić information content (AvgIpc) is 2.44. The number of ether oxygens (including phenoxy) is 1. The molecule has 5 heteroatoms. The number of rotatable bonds is 5. The first-order valence-corrected chi connectivity index (χ1v) is 5.96. The molecule has 0 aliphatic carbocycles. The van der Waals surface area contributed by atoms with Crippen molar-refractivity contribution in [3.63, 3.8) is 0 Å². The summed E-state index contributed by atoms with van der Waals surface area (Å²) in [6.45, 7) is 0.364. The van der Waals surface area contributed by atoms with Gasteiger partial charge in [0.1, 0.15) is 18.1 Å². The van der Waals surface area contributed by atoms with Crippen molar-refractivity contribution in [1.82, 2.24) is 0 Å². The molecule has 2 aromatic carbocycles. The monoisotopic (exact) mass is 271 g/mol. The van der Waals surface area contributed by atoms with Crippen molar-refractivity contribution in [3.05, 3.63) is 76.0 Å². The highest BCUT2D eigenvalue weighted by Gasteiger charge is 2.01. The van der Waals surface area contributed by atoms with Gasteiger partial charge in [-0.05, 0) is 23.3 Å². The second-order valence-corrected chi connectivity index (χ2v) is 4.14. The lowest BCUT2D eigenvalue weighted by atomic mass is 10.2. The van der Waals surface area contributed by atoms with E-state index >= 15 is 0 Å². The van der Waals surface area contributed by atoms with E-state index in [1.807, 2.05) is 30.3 Å². The van der Waals surface area contributed by atoms with Crippen molar-refractivity contribution in [2.24, 2.45) is 0 Å². The minimum absolute atomic E-state index is 0.00133. The molecular weight excluding hydrogens is 258 g/mol. The molecule has 0 aromatic heterocycles. The predicted octanol–water partition coefficient (Wildman–Crippen LogP) is 3.22. The van der Waals surface area contributed by atoms with Gasteiger partial charge in [-0.2, -0.15) is 0 Å². The zero-order valence-electron chi connectivity index (χ0n) is 10.6. The van der Waals surface area contributed by atoms with Crippen molar-refractivity contribution in [2.75, 3.05) is 0 Å². The van der Waals surface area contributed by atoms with E-state index in [2.05, 4.69) is 0 Å². The molecule has 0 unspecified atom stereocenters. The third kappa shape index (κ3) is 4.13. The number of phenolic OH excluding ortho intramolecular Hbond substituents is 1. The van der Waals surface area contributed by atoms with E-state index in [9.17, 15) is 15.2 Å². The fourth-order valence-electron chi connectivity index (χ4n) is 1.67. The van der Waals surface area contributed by atoms with Crippen LogP contribution in [0.15, 0.2) is 54.7 Å². The summed E-state index contributed by atoms with van der Waals surface area (Å²) in [6.07, 6.45) is 2.12. The minimum Gasteiger partial charge on any atom is -0.508 e. The predicted molar refractivity (Wildman–Crippen MR) is 74.9 cm³/mol. The molecule has 5 nitrogen and oxygen atoms in total. The minimum atomic E-state index is -0.561. The second kappa shape index (κ2) is 6.38. The maximum absolute atomic E-state index is 10.3. The number of benzene rings is 2. The van der Waals surface area contributed by atoms with Crippen LogP contribution in [0, 0.1) is 10.1 Å². The van der Waals surface area contributed by atoms with Crippen LogP contribution in [0.1, 0.15) is 11.1 Å². The van der Waals surface area contributed by atoms with E-state index in [0.717, 1.165) is 11.8 Å². The normalized spacial score (nSPS) is 10.6. The molecule has 0 aliphatic heterocycles. The van der Waals surface area contributed by atoms with Crippen molar-refractivity contribution in [2.45, 2.75) is 6.61 Å². The molecule has 2 aromatic rings. The van der Waals surface area contributed by atoms with Crippen molar-refractivity contribution >= 4 is 6.08 Å². The van der Waals surface area contributed by atoms with E-state index in [-0.39, 0.29) is 5.75 Å². The average molecular weight is 271 g/mol. The van der Waals surface area contributed by atoms with Crippen LogP contribution in [0.2, 0.25) is 0 Å². The van der Waals surface area contributed by atoms with E-state index in [1.54, 1.807) is 6.07 Å². The van der Waals surface area contributed by atoms with E-state index in [1.165, 1.54) is 18.2 Å². The molecular formula is C15H13NO4. The standard InChI is InChI=1S/C15H13NO4/c17-14-8-13(6-7-16(18)19)9-15(10-14)20-11-12-4-2-1-3-5-12/h1-10,17H,11H2/b7-6+. The number of aromatic hydroxyl groups is 1. The van der Waals surface area contributed by atoms with Gasteiger partial charge in [0.15, 0.2) is 0 Å². The van der Waals surface area contributed by atoms with Gasteiger partial charge in [0.05, 0.1) is 4.92 Å². The largest absolute Gasteiger partial charge is 0.508 e. The number of phenols is 1. The van der Waals surface area contributed by atoms with Gasteiger partial charge in [-0.3, -0.25) is 10.1 Å². The quantitative estimate of drug-likeness (QED) is 0.669. The maximum atomic E-state index is 10.3. The Labute approximate surface area is 115 Å². The molecule has 20 heavy (non-hydrogen) atoms. The first-order valence-electron chi connectivity index (χ1n) is 5.96. The van der Waals surface area contributed by atoms with Crippen LogP contribution in [0.4, 0.5) is 0 Å². The molecule has 0 saturated heterocycles. The first-order chi connectivity index (χ1) is 9.63. The summed E-state index contributed by atoms with van der Waals surface area (Å²) < 4.78 is 5.56. The Morgan fingerprint density at radius 3 is 2.65 bits per heavy atom. The molecule has 0 bridgehead atoms. The lowest BCUT2D eigenvalue weighted by molar-refractivity contribution is -0.400. The lowest BCUT2D eigenvalue weighted by Gasteiger charge is -2.07. The van der Waals surface area contributed by atoms with Crippen LogP contribution in [-0.4, -0.2) is 10.0 Å². The molecule has 0 spiro atoms. The summed E-state index contributed by atoms with van der Waals surface area (Å²) in [5.74, 6) is 0.454. The number of hydrogen-bond donors (Lipinski definition) is 1. The zero-order valence-corrected chi connectivity index (χ0v) is 10.6. The third-order valence-corrected chi connectivity index (χ3v) is 2.55. The maximum Gasteiger partial charge on any atom is 0.235 e. The molecule has 0 heterocycles. The SMILES string of the molecule is O=[N+]([O-])/C=C/c1cc(O)cc(OCc2ccccc2)c1. The van der Waals surface area contributed by atoms with Crippen LogP contribution in [0.3, 0.4) is 0 Å². The van der Waals surface area contributed by atoms with Gasteiger partial charge in [-0.1, -0.05) is 30.3 Å². The summed E-state index contributed by atoms with van der Waals surface area (Å²) in [5, 5.41) is 19.9. The highest BCUT2D eigenvalue weighted by Crippen LogP contribution is 2.23. The van der Waals surface area contributed by atoms with Crippen LogP contribution in [-0.2, 0) is 6.61 Å².